The molecule has 6 nitrogen and oxygen atoms in total. The number of amides is 1. The number of nitrogens with one attached hydrogen (secondary N) is 1. The second kappa shape index (κ2) is 11.2. The van der Waals surface area contributed by atoms with E-state index in [4.69, 9.17) is 14.6 Å². The van der Waals surface area contributed by atoms with Crippen LogP contribution in [0.2, 0.25) is 0 Å². The van der Waals surface area contributed by atoms with E-state index in [1.807, 2.05) is 79.2 Å². The van der Waals surface area contributed by atoms with Gasteiger partial charge in [-0.25, -0.2) is 4.68 Å². The van der Waals surface area contributed by atoms with Crippen molar-refractivity contribution in [2.24, 2.45) is 0 Å². The largest absolute Gasteiger partial charge is 0.347 e. The van der Waals surface area contributed by atoms with Crippen LogP contribution in [0.4, 0.5) is 0 Å². The Morgan fingerprint density at radius 2 is 1.78 bits per heavy atom. The highest BCUT2D eigenvalue weighted by Gasteiger charge is 2.34. The summed E-state index contributed by atoms with van der Waals surface area (Å²) in [5.41, 5.74) is 4.20. The normalized spacial score (nSPS) is 19.6. The topological polar surface area (TPSA) is 65.4 Å². The second-order valence-corrected chi connectivity index (χ2v) is 10.0. The molecule has 0 radical (unpaired) electrons. The van der Waals surface area contributed by atoms with Crippen molar-refractivity contribution in [3.63, 3.8) is 0 Å². The number of aromatic nitrogens is 2. The van der Waals surface area contributed by atoms with Crippen molar-refractivity contribution >= 4 is 12.0 Å². The SMILES string of the molecule is CC[C@H]1C[C@@H](C=Cc2c(C(C)C)c(C(=O)NCc3ccccc3)nn2-c2ccccc2)OC(C)(C)O1. The second-order valence-electron chi connectivity index (χ2n) is 10.0. The molecule has 2 aromatic carbocycles. The summed E-state index contributed by atoms with van der Waals surface area (Å²) in [7, 11) is 0. The van der Waals surface area contributed by atoms with Crippen LogP contribution in [0.25, 0.3) is 11.8 Å². The maximum atomic E-state index is 13.4. The van der Waals surface area contributed by atoms with E-state index < -0.39 is 5.79 Å². The maximum absolute atomic E-state index is 13.4. The minimum atomic E-state index is -0.642. The van der Waals surface area contributed by atoms with E-state index in [0.717, 1.165) is 35.3 Å². The fraction of sp³-hybridized carbons (Fsp3) is 0.400. The van der Waals surface area contributed by atoms with Gasteiger partial charge in [0.2, 0.25) is 0 Å². The van der Waals surface area contributed by atoms with Crippen molar-refractivity contribution in [2.75, 3.05) is 0 Å². The van der Waals surface area contributed by atoms with Crippen LogP contribution in [0.15, 0.2) is 66.7 Å². The molecule has 190 valence electrons. The number of nitrogens with zero attached hydrogens (tertiary/aromatic N) is 2. The summed E-state index contributed by atoms with van der Waals surface area (Å²) in [4.78, 5) is 13.4. The highest BCUT2D eigenvalue weighted by Crippen LogP contribution is 2.31. The summed E-state index contributed by atoms with van der Waals surface area (Å²) in [5, 5.41) is 7.88. The number of hydrogen-bond donors (Lipinski definition) is 1. The first-order valence-corrected chi connectivity index (χ1v) is 12.8. The van der Waals surface area contributed by atoms with E-state index in [0.29, 0.717) is 12.2 Å². The standard InChI is InChI=1S/C30H37N3O3/c1-6-24-19-25(36-30(4,5)35-24)17-18-26-27(21(2)3)28(32-33(26)23-15-11-8-12-16-23)29(34)31-20-22-13-9-7-10-14-22/h7-18,21,24-25H,6,19-20H2,1-5H3,(H,31,34)/t24-,25+/m0/s1. The van der Waals surface area contributed by atoms with Crippen LogP contribution in [0.5, 0.6) is 0 Å². The summed E-state index contributed by atoms with van der Waals surface area (Å²) in [5.74, 6) is -0.729. The fourth-order valence-corrected chi connectivity index (χ4v) is 4.68. The average Bonchev–Trinajstić information content (AvgIpc) is 3.26. The summed E-state index contributed by atoms with van der Waals surface area (Å²) in [6.45, 7) is 10.7. The zero-order valence-corrected chi connectivity index (χ0v) is 21.9. The van der Waals surface area contributed by atoms with Crippen LogP contribution in [-0.2, 0) is 16.0 Å². The third-order valence-electron chi connectivity index (χ3n) is 6.35. The van der Waals surface area contributed by atoms with Gasteiger partial charge in [-0.1, -0.05) is 75.4 Å². The molecule has 0 saturated carbocycles. The summed E-state index contributed by atoms with van der Waals surface area (Å²) < 4.78 is 14.1. The van der Waals surface area contributed by atoms with Crippen molar-refractivity contribution in [3.8, 4) is 5.69 Å². The van der Waals surface area contributed by atoms with Gasteiger partial charge in [0.05, 0.1) is 23.6 Å². The van der Waals surface area contributed by atoms with Gasteiger partial charge in [-0.15, -0.1) is 0 Å². The molecule has 1 N–H and O–H groups in total. The quantitative estimate of drug-likeness (QED) is 0.407. The Balaban J connectivity index is 1.70. The Morgan fingerprint density at radius 1 is 1.11 bits per heavy atom. The molecule has 1 aliphatic heterocycles. The van der Waals surface area contributed by atoms with Gasteiger partial charge in [0.25, 0.3) is 5.91 Å². The van der Waals surface area contributed by atoms with Crippen molar-refractivity contribution in [3.05, 3.63) is 89.3 Å². The molecule has 2 atom stereocenters. The van der Waals surface area contributed by atoms with Crippen molar-refractivity contribution in [1.29, 1.82) is 0 Å². The number of para-hydroxylation sites is 1. The van der Waals surface area contributed by atoms with Gasteiger partial charge in [0, 0.05) is 18.5 Å². The van der Waals surface area contributed by atoms with E-state index in [-0.39, 0.29) is 24.0 Å². The molecule has 0 unspecified atom stereocenters. The summed E-state index contributed by atoms with van der Waals surface area (Å²) in [6.07, 6.45) is 5.92. The molecule has 1 saturated heterocycles. The summed E-state index contributed by atoms with van der Waals surface area (Å²) >= 11 is 0. The number of ether oxygens (including phenoxy) is 2. The lowest BCUT2D eigenvalue weighted by atomic mass is 9.98. The lowest BCUT2D eigenvalue weighted by Crippen LogP contribution is -2.43. The van der Waals surface area contributed by atoms with Gasteiger partial charge >= 0.3 is 0 Å². The van der Waals surface area contributed by atoms with Crippen molar-refractivity contribution in [2.45, 2.75) is 77.9 Å². The van der Waals surface area contributed by atoms with Crippen LogP contribution in [0.3, 0.4) is 0 Å². The van der Waals surface area contributed by atoms with Gasteiger partial charge in [0.1, 0.15) is 0 Å². The predicted octanol–water partition coefficient (Wildman–Crippen LogP) is 6.26. The number of benzene rings is 2. The predicted molar refractivity (Wildman–Crippen MR) is 143 cm³/mol. The van der Waals surface area contributed by atoms with E-state index in [1.165, 1.54) is 0 Å². The van der Waals surface area contributed by atoms with Crippen molar-refractivity contribution in [1.82, 2.24) is 15.1 Å². The number of rotatable bonds is 8. The maximum Gasteiger partial charge on any atom is 0.272 e. The Hall–Kier alpha value is -3.22. The van der Waals surface area contributed by atoms with Crippen LogP contribution in [0.1, 0.15) is 80.7 Å². The average molecular weight is 488 g/mol. The Bertz CT molecular complexity index is 1180. The zero-order chi connectivity index (χ0) is 25.7. The van der Waals surface area contributed by atoms with E-state index in [9.17, 15) is 4.79 Å². The highest BCUT2D eigenvalue weighted by atomic mass is 16.7. The van der Waals surface area contributed by atoms with Crippen LogP contribution in [0, 0.1) is 0 Å². The molecule has 0 aliphatic carbocycles. The summed E-state index contributed by atoms with van der Waals surface area (Å²) in [6, 6.07) is 19.8. The molecule has 6 heteroatoms. The Labute approximate surface area is 214 Å². The first kappa shape index (κ1) is 25.9. The monoisotopic (exact) mass is 487 g/mol. The lowest BCUT2D eigenvalue weighted by Gasteiger charge is -2.39. The van der Waals surface area contributed by atoms with E-state index in [1.54, 1.807) is 0 Å². The van der Waals surface area contributed by atoms with Gasteiger partial charge in [-0.05, 0) is 50.0 Å². The van der Waals surface area contributed by atoms with Crippen LogP contribution in [-0.4, -0.2) is 33.7 Å². The molecule has 0 bridgehead atoms. The van der Waals surface area contributed by atoms with E-state index in [2.05, 4.69) is 38.2 Å². The van der Waals surface area contributed by atoms with Gasteiger partial charge in [-0.3, -0.25) is 4.79 Å². The minimum absolute atomic E-state index is 0.0896. The third-order valence-corrected chi connectivity index (χ3v) is 6.35. The molecule has 2 heterocycles. The Kier molecular flexibility index (Phi) is 8.07. The van der Waals surface area contributed by atoms with Crippen molar-refractivity contribution < 1.29 is 14.3 Å². The fourth-order valence-electron chi connectivity index (χ4n) is 4.68. The highest BCUT2D eigenvalue weighted by molar-refractivity contribution is 5.95. The van der Waals surface area contributed by atoms with Gasteiger partial charge < -0.3 is 14.8 Å². The number of carbonyl (C=O) groups is 1. The minimum Gasteiger partial charge on any atom is -0.347 e. The van der Waals surface area contributed by atoms with E-state index >= 15 is 0 Å². The molecule has 1 aromatic heterocycles. The molecule has 0 spiro atoms. The third kappa shape index (κ3) is 6.12. The zero-order valence-electron chi connectivity index (χ0n) is 21.9. The Morgan fingerprint density at radius 3 is 2.42 bits per heavy atom. The lowest BCUT2D eigenvalue weighted by molar-refractivity contribution is -0.290. The number of hydrogen-bond acceptors (Lipinski definition) is 4. The van der Waals surface area contributed by atoms with Gasteiger partial charge in [-0.2, -0.15) is 5.10 Å². The molecule has 1 amide bonds. The first-order valence-electron chi connectivity index (χ1n) is 12.8. The molecule has 1 fully saturated rings. The molecular weight excluding hydrogens is 450 g/mol. The van der Waals surface area contributed by atoms with Crippen LogP contribution < -0.4 is 5.32 Å². The molecule has 4 rings (SSSR count). The number of carbonyl (C=O) groups excluding carboxylic acids is 1. The molecule has 36 heavy (non-hydrogen) atoms. The molecule has 1 aliphatic rings. The smallest absolute Gasteiger partial charge is 0.272 e. The van der Waals surface area contributed by atoms with Crippen LogP contribution >= 0.6 is 0 Å². The molecular formula is C30H37N3O3. The van der Waals surface area contributed by atoms with Gasteiger partial charge in [0.15, 0.2) is 11.5 Å². The first-order chi connectivity index (χ1) is 17.3. The molecule has 3 aromatic rings.